The third kappa shape index (κ3) is 3.76. The predicted molar refractivity (Wildman–Crippen MR) is 76.3 cm³/mol. The van der Waals surface area contributed by atoms with Crippen LogP contribution in [0.25, 0.3) is 0 Å². The van der Waals surface area contributed by atoms with Gasteiger partial charge in [0, 0.05) is 17.7 Å². The zero-order valence-corrected chi connectivity index (χ0v) is 10.9. The van der Waals surface area contributed by atoms with Gasteiger partial charge in [0.1, 0.15) is 0 Å². The minimum Gasteiger partial charge on any atom is -0.396 e. The largest absolute Gasteiger partial charge is 0.396 e. The van der Waals surface area contributed by atoms with E-state index in [9.17, 15) is 4.79 Å². The zero-order valence-electron chi connectivity index (χ0n) is 10.9. The quantitative estimate of drug-likeness (QED) is 0.634. The molecule has 2 nitrogen and oxygen atoms in total. The molecule has 0 bridgehead atoms. The van der Waals surface area contributed by atoms with Gasteiger partial charge in [0.25, 0.3) is 0 Å². The lowest BCUT2D eigenvalue weighted by molar-refractivity contribution is 0.103. The Labute approximate surface area is 113 Å². The van der Waals surface area contributed by atoms with Crippen LogP contribution in [0.2, 0.25) is 0 Å². The number of aryl methyl sites for hydroxylation is 1. The first-order valence-corrected chi connectivity index (χ1v) is 6.61. The van der Waals surface area contributed by atoms with E-state index in [0.29, 0.717) is 0 Å². The number of hydrogen-bond donors (Lipinski definition) is 1. The maximum Gasteiger partial charge on any atom is 0.193 e. The summed E-state index contributed by atoms with van der Waals surface area (Å²) in [5.74, 6) is 0.0598. The molecule has 0 amide bonds. The molecule has 0 aliphatic carbocycles. The Kier molecular flexibility index (Phi) is 4.87. The predicted octanol–water partition coefficient (Wildman–Crippen LogP) is 3.23. The average molecular weight is 254 g/mol. The van der Waals surface area contributed by atoms with Crippen molar-refractivity contribution in [2.75, 3.05) is 6.61 Å². The molecule has 0 spiro atoms. The molecule has 2 heteroatoms. The minimum atomic E-state index is 0.0598. The summed E-state index contributed by atoms with van der Waals surface area (Å²) in [5, 5.41) is 8.78. The van der Waals surface area contributed by atoms with Crippen molar-refractivity contribution in [1.29, 1.82) is 0 Å². The molecule has 0 aliphatic rings. The summed E-state index contributed by atoms with van der Waals surface area (Å²) in [7, 11) is 0. The highest BCUT2D eigenvalue weighted by Crippen LogP contribution is 2.13. The first-order valence-electron chi connectivity index (χ1n) is 6.61. The van der Waals surface area contributed by atoms with Gasteiger partial charge in [-0.15, -0.1) is 0 Å². The third-order valence-electron chi connectivity index (χ3n) is 3.10. The second-order valence-corrected chi connectivity index (χ2v) is 4.58. The van der Waals surface area contributed by atoms with Crippen LogP contribution in [0.15, 0.2) is 54.6 Å². The van der Waals surface area contributed by atoms with E-state index >= 15 is 0 Å². The summed E-state index contributed by atoms with van der Waals surface area (Å²) < 4.78 is 0. The van der Waals surface area contributed by atoms with Gasteiger partial charge < -0.3 is 5.11 Å². The molecule has 0 saturated heterocycles. The van der Waals surface area contributed by atoms with Gasteiger partial charge in [-0.1, -0.05) is 48.5 Å². The molecule has 0 aliphatic heterocycles. The van der Waals surface area contributed by atoms with Crippen LogP contribution in [0, 0.1) is 0 Å². The molecule has 0 heterocycles. The first-order chi connectivity index (χ1) is 9.31. The molecular weight excluding hydrogens is 236 g/mol. The molecule has 0 aromatic heterocycles. The van der Waals surface area contributed by atoms with Crippen LogP contribution in [0.1, 0.15) is 34.3 Å². The van der Waals surface area contributed by atoms with E-state index in [1.807, 2.05) is 54.6 Å². The van der Waals surface area contributed by atoms with Gasteiger partial charge >= 0.3 is 0 Å². The Balaban J connectivity index is 2.12. The summed E-state index contributed by atoms with van der Waals surface area (Å²) >= 11 is 0. The Morgan fingerprint density at radius 1 is 0.895 bits per heavy atom. The van der Waals surface area contributed by atoms with Crippen molar-refractivity contribution in [1.82, 2.24) is 0 Å². The third-order valence-corrected chi connectivity index (χ3v) is 3.10. The highest BCUT2D eigenvalue weighted by atomic mass is 16.2. The Bertz CT molecular complexity index is 532. The number of hydrogen-bond acceptors (Lipinski definition) is 2. The van der Waals surface area contributed by atoms with Crippen molar-refractivity contribution in [3.8, 4) is 0 Å². The second kappa shape index (κ2) is 6.86. The van der Waals surface area contributed by atoms with E-state index in [-0.39, 0.29) is 12.4 Å². The highest BCUT2D eigenvalue weighted by molar-refractivity contribution is 6.09. The van der Waals surface area contributed by atoms with Crippen LogP contribution in [-0.2, 0) is 6.42 Å². The normalized spacial score (nSPS) is 10.4. The van der Waals surface area contributed by atoms with E-state index < -0.39 is 0 Å². The van der Waals surface area contributed by atoms with E-state index in [2.05, 4.69) is 0 Å². The van der Waals surface area contributed by atoms with E-state index in [1.54, 1.807) is 0 Å². The first kappa shape index (κ1) is 13.5. The van der Waals surface area contributed by atoms with Crippen molar-refractivity contribution < 1.29 is 9.90 Å². The van der Waals surface area contributed by atoms with Gasteiger partial charge in [-0.05, 0) is 30.9 Å². The van der Waals surface area contributed by atoms with Crippen LogP contribution >= 0.6 is 0 Å². The maximum atomic E-state index is 12.3. The molecule has 98 valence electrons. The van der Waals surface area contributed by atoms with Gasteiger partial charge in [0.15, 0.2) is 5.78 Å². The number of rotatable bonds is 6. The van der Waals surface area contributed by atoms with E-state index in [4.69, 9.17) is 5.11 Å². The molecule has 1 N–H and O–H groups in total. The number of carbonyl (C=O) groups is 1. The number of carbonyl (C=O) groups excluding carboxylic acids is 1. The highest BCUT2D eigenvalue weighted by Gasteiger charge is 2.08. The van der Waals surface area contributed by atoms with Crippen LogP contribution in [-0.4, -0.2) is 17.5 Å². The fourth-order valence-corrected chi connectivity index (χ4v) is 2.07. The lowest BCUT2D eigenvalue weighted by atomic mass is 9.99. The molecule has 19 heavy (non-hydrogen) atoms. The smallest absolute Gasteiger partial charge is 0.193 e. The number of unbranched alkanes of at least 4 members (excludes halogenated alkanes) is 1. The van der Waals surface area contributed by atoms with Crippen molar-refractivity contribution >= 4 is 5.78 Å². The molecule has 0 unspecified atom stereocenters. The fourth-order valence-electron chi connectivity index (χ4n) is 2.07. The van der Waals surface area contributed by atoms with E-state index in [1.165, 1.54) is 0 Å². The molecule has 2 aromatic rings. The van der Waals surface area contributed by atoms with Gasteiger partial charge in [-0.2, -0.15) is 0 Å². The molecule has 0 atom stereocenters. The second-order valence-electron chi connectivity index (χ2n) is 4.58. The zero-order chi connectivity index (χ0) is 13.5. The summed E-state index contributed by atoms with van der Waals surface area (Å²) in [6.07, 6.45) is 2.65. The molecule has 2 aromatic carbocycles. The van der Waals surface area contributed by atoms with Crippen molar-refractivity contribution in [2.45, 2.75) is 19.3 Å². The number of aliphatic hydroxyl groups excluding tert-OH is 1. The Morgan fingerprint density at radius 3 is 2.37 bits per heavy atom. The van der Waals surface area contributed by atoms with Crippen molar-refractivity contribution in [3.05, 3.63) is 71.3 Å². The monoisotopic (exact) mass is 254 g/mol. The van der Waals surface area contributed by atoms with Crippen molar-refractivity contribution in [3.63, 3.8) is 0 Å². The minimum absolute atomic E-state index is 0.0598. The van der Waals surface area contributed by atoms with Crippen LogP contribution in [0.4, 0.5) is 0 Å². The van der Waals surface area contributed by atoms with Crippen molar-refractivity contribution in [2.24, 2.45) is 0 Å². The lowest BCUT2D eigenvalue weighted by Crippen LogP contribution is -2.01. The molecule has 0 fully saturated rings. The van der Waals surface area contributed by atoms with Crippen LogP contribution in [0.5, 0.6) is 0 Å². The summed E-state index contributed by atoms with van der Waals surface area (Å²) in [4.78, 5) is 12.3. The molecule has 2 rings (SSSR count). The SMILES string of the molecule is O=C(c1ccccc1)c1cccc(CCCCO)c1. The molecule has 0 radical (unpaired) electrons. The molecule has 0 saturated carbocycles. The maximum absolute atomic E-state index is 12.3. The Hall–Kier alpha value is -1.93. The van der Waals surface area contributed by atoms with Crippen LogP contribution < -0.4 is 0 Å². The standard InChI is InChI=1S/C17H18O2/c18-12-5-4-7-14-8-6-11-16(13-14)17(19)15-9-2-1-3-10-15/h1-3,6,8-11,13,18H,4-5,7,12H2. The van der Waals surface area contributed by atoms with Crippen LogP contribution in [0.3, 0.4) is 0 Å². The van der Waals surface area contributed by atoms with Gasteiger partial charge in [-0.25, -0.2) is 0 Å². The summed E-state index contributed by atoms with van der Waals surface area (Å²) in [6, 6.07) is 17.1. The number of aliphatic hydroxyl groups is 1. The van der Waals surface area contributed by atoms with Gasteiger partial charge in [-0.3, -0.25) is 4.79 Å². The van der Waals surface area contributed by atoms with Gasteiger partial charge in [0.2, 0.25) is 0 Å². The molecular formula is C17H18O2. The summed E-state index contributed by atoms with van der Waals surface area (Å²) in [5.41, 5.74) is 2.60. The fraction of sp³-hybridized carbons (Fsp3) is 0.235. The lowest BCUT2D eigenvalue weighted by Gasteiger charge is -2.05. The van der Waals surface area contributed by atoms with E-state index in [0.717, 1.165) is 36.0 Å². The topological polar surface area (TPSA) is 37.3 Å². The Morgan fingerprint density at radius 2 is 1.63 bits per heavy atom. The summed E-state index contributed by atoms with van der Waals surface area (Å²) in [6.45, 7) is 0.225. The average Bonchev–Trinajstić information content (AvgIpc) is 2.48. The number of benzene rings is 2. The number of ketones is 1. The van der Waals surface area contributed by atoms with Gasteiger partial charge in [0.05, 0.1) is 0 Å².